The maximum absolute atomic E-state index is 11.8. The maximum Gasteiger partial charge on any atom is 0.336 e. The standard InChI is InChI=1S/C10H15N3O3/c1-3-5-7-13-9(15)11-8(14)12(6-4-2)10(13)16/h4H,2-3,5-7H2,1H3,(H,11,14,15). The second-order valence-electron chi connectivity index (χ2n) is 3.42. The Morgan fingerprint density at radius 3 is 2.44 bits per heavy atom. The number of unbranched alkanes of at least 4 members (excludes halogenated alkanes) is 1. The lowest BCUT2D eigenvalue weighted by molar-refractivity contribution is 0.514. The lowest BCUT2D eigenvalue weighted by atomic mass is 10.3. The molecule has 1 heterocycles. The van der Waals surface area contributed by atoms with E-state index in [1.807, 2.05) is 6.92 Å². The molecule has 0 fully saturated rings. The minimum absolute atomic E-state index is 0.0978. The van der Waals surface area contributed by atoms with E-state index in [9.17, 15) is 14.4 Å². The van der Waals surface area contributed by atoms with Gasteiger partial charge in [-0.1, -0.05) is 19.4 Å². The number of aromatic nitrogens is 3. The van der Waals surface area contributed by atoms with Gasteiger partial charge >= 0.3 is 17.1 Å². The smallest absolute Gasteiger partial charge is 0.259 e. The van der Waals surface area contributed by atoms with Crippen molar-refractivity contribution in [3.8, 4) is 0 Å². The molecule has 0 aromatic carbocycles. The Morgan fingerprint density at radius 1 is 1.25 bits per heavy atom. The highest BCUT2D eigenvalue weighted by Crippen LogP contribution is 1.86. The van der Waals surface area contributed by atoms with Gasteiger partial charge in [0.25, 0.3) is 0 Å². The van der Waals surface area contributed by atoms with Crippen molar-refractivity contribution in [1.29, 1.82) is 0 Å². The van der Waals surface area contributed by atoms with Crippen LogP contribution in [-0.4, -0.2) is 14.1 Å². The van der Waals surface area contributed by atoms with Gasteiger partial charge in [-0.05, 0) is 6.42 Å². The number of nitrogens with one attached hydrogen (secondary N) is 1. The normalized spacial score (nSPS) is 10.3. The molecule has 0 atom stereocenters. The second-order valence-corrected chi connectivity index (χ2v) is 3.42. The molecule has 1 aromatic heterocycles. The number of H-pyrrole nitrogens is 1. The molecule has 1 aromatic rings. The van der Waals surface area contributed by atoms with Gasteiger partial charge in [0, 0.05) is 6.54 Å². The van der Waals surface area contributed by atoms with Crippen LogP contribution in [0, 0.1) is 0 Å². The molecule has 0 amide bonds. The van der Waals surface area contributed by atoms with E-state index in [1.54, 1.807) is 0 Å². The zero-order valence-corrected chi connectivity index (χ0v) is 9.23. The van der Waals surface area contributed by atoms with Crippen LogP contribution < -0.4 is 17.1 Å². The highest BCUT2D eigenvalue weighted by atomic mass is 16.2. The summed E-state index contributed by atoms with van der Waals surface area (Å²) >= 11 is 0. The highest BCUT2D eigenvalue weighted by molar-refractivity contribution is 4.78. The van der Waals surface area contributed by atoms with Crippen molar-refractivity contribution in [3.05, 3.63) is 44.1 Å². The molecule has 0 spiro atoms. The Morgan fingerprint density at radius 2 is 1.88 bits per heavy atom. The molecule has 0 bridgehead atoms. The average molecular weight is 225 g/mol. The maximum atomic E-state index is 11.8. The van der Waals surface area contributed by atoms with Crippen molar-refractivity contribution in [3.63, 3.8) is 0 Å². The summed E-state index contributed by atoms with van der Waals surface area (Å²) < 4.78 is 1.98. The van der Waals surface area contributed by atoms with Gasteiger partial charge in [0.15, 0.2) is 0 Å². The quantitative estimate of drug-likeness (QED) is 0.698. The summed E-state index contributed by atoms with van der Waals surface area (Å²) in [5, 5.41) is 0. The Labute approximate surface area is 91.9 Å². The summed E-state index contributed by atoms with van der Waals surface area (Å²) in [5.74, 6) is 0. The summed E-state index contributed by atoms with van der Waals surface area (Å²) in [5.41, 5.74) is -1.92. The van der Waals surface area contributed by atoms with E-state index in [0.717, 1.165) is 22.0 Å². The lowest BCUT2D eigenvalue weighted by Crippen LogP contribution is -2.49. The first-order valence-corrected chi connectivity index (χ1v) is 5.16. The van der Waals surface area contributed by atoms with Crippen LogP contribution in [0.3, 0.4) is 0 Å². The molecule has 6 nitrogen and oxygen atoms in total. The summed E-state index contributed by atoms with van der Waals surface area (Å²) in [7, 11) is 0. The van der Waals surface area contributed by atoms with Gasteiger partial charge in [0.05, 0.1) is 6.54 Å². The molecular formula is C10H15N3O3. The van der Waals surface area contributed by atoms with Crippen molar-refractivity contribution in [2.24, 2.45) is 0 Å². The summed E-state index contributed by atoms with van der Waals surface area (Å²) in [6, 6.07) is 0. The molecule has 0 radical (unpaired) electrons. The first-order valence-electron chi connectivity index (χ1n) is 5.16. The zero-order valence-electron chi connectivity index (χ0n) is 9.23. The number of rotatable bonds is 5. The fraction of sp³-hybridized carbons (Fsp3) is 0.500. The van der Waals surface area contributed by atoms with Crippen molar-refractivity contribution >= 4 is 0 Å². The molecule has 0 saturated heterocycles. The number of allylic oxidation sites excluding steroid dienone is 1. The van der Waals surface area contributed by atoms with E-state index in [4.69, 9.17) is 0 Å². The SMILES string of the molecule is C=CCn1c(=O)[nH]c(=O)n(CCCC)c1=O. The van der Waals surface area contributed by atoms with Crippen molar-refractivity contribution in [1.82, 2.24) is 14.1 Å². The lowest BCUT2D eigenvalue weighted by Gasteiger charge is -2.06. The number of hydrogen-bond acceptors (Lipinski definition) is 3. The predicted molar refractivity (Wildman–Crippen MR) is 60.7 cm³/mol. The second kappa shape index (κ2) is 5.29. The Kier molecular flexibility index (Phi) is 4.04. The molecule has 0 aliphatic carbocycles. The summed E-state index contributed by atoms with van der Waals surface area (Å²) in [6.07, 6.45) is 3.02. The van der Waals surface area contributed by atoms with E-state index in [1.165, 1.54) is 6.08 Å². The third kappa shape index (κ3) is 2.39. The first kappa shape index (κ1) is 12.2. The molecule has 1 rings (SSSR count). The minimum Gasteiger partial charge on any atom is -0.259 e. The fourth-order valence-electron chi connectivity index (χ4n) is 1.35. The molecule has 1 N–H and O–H groups in total. The molecule has 0 saturated carbocycles. The zero-order chi connectivity index (χ0) is 12.1. The van der Waals surface area contributed by atoms with Gasteiger partial charge < -0.3 is 0 Å². The Hall–Kier alpha value is -1.85. The number of aromatic amines is 1. The number of hydrogen-bond donors (Lipinski definition) is 1. The van der Waals surface area contributed by atoms with Crippen LogP contribution in [0.2, 0.25) is 0 Å². The number of nitrogens with zero attached hydrogens (tertiary/aromatic N) is 2. The van der Waals surface area contributed by atoms with Crippen LogP contribution in [-0.2, 0) is 13.1 Å². The first-order chi connectivity index (χ1) is 7.61. The van der Waals surface area contributed by atoms with Gasteiger partial charge in [-0.25, -0.2) is 23.5 Å². The van der Waals surface area contributed by atoms with Crippen LogP contribution >= 0.6 is 0 Å². The molecule has 0 aliphatic heterocycles. The third-order valence-corrected chi connectivity index (χ3v) is 2.21. The van der Waals surface area contributed by atoms with Gasteiger partial charge in [0.1, 0.15) is 0 Å². The third-order valence-electron chi connectivity index (χ3n) is 2.21. The summed E-state index contributed by atoms with van der Waals surface area (Å²) in [6.45, 7) is 5.83. The fourth-order valence-corrected chi connectivity index (χ4v) is 1.35. The molecule has 0 aliphatic rings. The average Bonchev–Trinajstić information content (AvgIpc) is 2.24. The van der Waals surface area contributed by atoms with Gasteiger partial charge in [-0.3, -0.25) is 4.98 Å². The van der Waals surface area contributed by atoms with Crippen molar-refractivity contribution in [2.75, 3.05) is 0 Å². The van der Waals surface area contributed by atoms with Crippen LogP contribution in [0.15, 0.2) is 27.0 Å². The van der Waals surface area contributed by atoms with Crippen LogP contribution in [0.4, 0.5) is 0 Å². The van der Waals surface area contributed by atoms with Crippen LogP contribution in [0.5, 0.6) is 0 Å². The molecule has 6 heteroatoms. The van der Waals surface area contributed by atoms with E-state index in [0.29, 0.717) is 6.54 Å². The van der Waals surface area contributed by atoms with Gasteiger partial charge in [0.2, 0.25) is 0 Å². The van der Waals surface area contributed by atoms with E-state index in [2.05, 4.69) is 11.6 Å². The van der Waals surface area contributed by atoms with E-state index >= 15 is 0 Å². The topological polar surface area (TPSA) is 76.9 Å². The van der Waals surface area contributed by atoms with E-state index < -0.39 is 17.1 Å². The Balaban J connectivity index is 3.33. The molecule has 88 valence electrons. The van der Waals surface area contributed by atoms with Crippen molar-refractivity contribution < 1.29 is 0 Å². The summed E-state index contributed by atoms with van der Waals surface area (Å²) in [4.78, 5) is 36.6. The Bertz CT molecular complexity index is 535. The monoisotopic (exact) mass is 225 g/mol. The van der Waals surface area contributed by atoms with Gasteiger partial charge in [-0.2, -0.15) is 0 Å². The van der Waals surface area contributed by atoms with Crippen molar-refractivity contribution in [2.45, 2.75) is 32.9 Å². The van der Waals surface area contributed by atoms with Crippen LogP contribution in [0.1, 0.15) is 19.8 Å². The van der Waals surface area contributed by atoms with E-state index in [-0.39, 0.29) is 6.54 Å². The largest absolute Gasteiger partial charge is 0.336 e. The molecule has 16 heavy (non-hydrogen) atoms. The highest BCUT2D eigenvalue weighted by Gasteiger charge is 2.07. The molecular weight excluding hydrogens is 210 g/mol. The van der Waals surface area contributed by atoms with Crippen LogP contribution in [0.25, 0.3) is 0 Å². The minimum atomic E-state index is -0.692. The predicted octanol–water partition coefficient (Wildman–Crippen LogP) is -0.316. The van der Waals surface area contributed by atoms with Gasteiger partial charge in [-0.15, -0.1) is 6.58 Å². The molecule has 0 unspecified atom stereocenters.